The summed E-state index contributed by atoms with van der Waals surface area (Å²) in [6.07, 6.45) is 4.63. The maximum atomic E-state index is 5.58. The van der Waals surface area contributed by atoms with E-state index in [-0.39, 0.29) is 0 Å². The minimum Gasteiger partial charge on any atom is -0.389 e. The summed E-state index contributed by atoms with van der Waals surface area (Å²) in [5.74, 6) is 0. The number of thiazole rings is 2. The number of hydrogen-bond acceptors (Lipinski definition) is 6. The lowest BCUT2D eigenvalue weighted by Crippen LogP contribution is -1.97. The van der Waals surface area contributed by atoms with Crippen LogP contribution in [0.25, 0.3) is 0 Å². The van der Waals surface area contributed by atoms with E-state index in [1.165, 1.54) is 16.2 Å². The highest BCUT2D eigenvalue weighted by Gasteiger charge is 2.02. The standard InChI is InChI=1S/C9H12N4S2/c1-2-6-3-11-8(14-6)5-13-9-12-4-7(10)15-9/h3-4H,2,5,10H2,1H3,(H,12,13). The number of nitrogens with zero attached hydrogens (tertiary/aromatic N) is 2. The average molecular weight is 240 g/mol. The van der Waals surface area contributed by atoms with E-state index >= 15 is 0 Å². The van der Waals surface area contributed by atoms with E-state index in [0.717, 1.165) is 28.1 Å². The van der Waals surface area contributed by atoms with Crippen molar-refractivity contribution in [1.29, 1.82) is 0 Å². The molecule has 0 aliphatic rings. The van der Waals surface area contributed by atoms with Gasteiger partial charge in [0.05, 0.1) is 12.7 Å². The van der Waals surface area contributed by atoms with Gasteiger partial charge in [0.15, 0.2) is 5.13 Å². The first-order chi connectivity index (χ1) is 7.28. The van der Waals surface area contributed by atoms with Crippen LogP contribution < -0.4 is 11.1 Å². The molecule has 0 atom stereocenters. The molecule has 0 saturated carbocycles. The van der Waals surface area contributed by atoms with Gasteiger partial charge in [-0.15, -0.1) is 11.3 Å². The second-order valence-electron chi connectivity index (χ2n) is 3.00. The Kier molecular flexibility index (Phi) is 3.17. The molecule has 0 saturated heterocycles. The van der Waals surface area contributed by atoms with E-state index in [1.54, 1.807) is 17.5 Å². The van der Waals surface area contributed by atoms with Crippen LogP contribution in [0.3, 0.4) is 0 Å². The van der Waals surface area contributed by atoms with Crippen LogP contribution in [0.5, 0.6) is 0 Å². The van der Waals surface area contributed by atoms with Crippen LogP contribution in [-0.2, 0) is 13.0 Å². The van der Waals surface area contributed by atoms with Crippen LogP contribution in [0.1, 0.15) is 16.8 Å². The van der Waals surface area contributed by atoms with Gasteiger partial charge in [-0.3, -0.25) is 0 Å². The van der Waals surface area contributed by atoms with Crippen LogP contribution >= 0.6 is 22.7 Å². The monoisotopic (exact) mass is 240 g/mol. The summed E-state index contributed by atoms with van der Waals surface area (Å²) in [6, 6.07) is 0. The molecule has 6 heteroatoms. The lowest BCUT2D eigenvalue weighted by molar-refractivity contribution is 1.09. The van der Waals surface area contributed by atoms with Crippen molar-refractivity contribution in [1.82, 2.24) is 9.97 Å². The van der Waals surface area contributed by atoms with E-state index in [2.05, 4.69) is 22.2 Å². The molecule has 0 unspecified atom stereocenters. The molecule has 0 spiro atoms. The Morgan fingerprint density at radius 1 is 1.33 bits per heavy atom. The van der Waals surface area contributed by atoms with Crippen molar-refractivity contribution in [3.63, 3.8) is 0 Å². The Hall–Kier alpha value is -1.14. The highest BCUT2D eigenvalue weighted by Crippen LogP contribution is 2.21. The largest absolute Gasteiger partial charge is 0.389 e. The molecule has 15 heavy (non-hydrogen) atoms. The van der Waals surface area contributed by atoms with Crippen LogP contribution in [0.2, 0.25) is 0 Å². The number of aryl methyl sites for hydroxylation is 1. The van der Waals surface area contributed by atoms with E-state index in [4.69, 9.17) is 5.73 Å². The number of hydrogen-bond donors (Lipinski definition) is 2. The second-order valence-corrected chi connectivity index (χ2v) is 5.26. The van der Waals surface area contributed by atoms with E-state index in [0.29, 0.717) is 0 Å². The Morgan fingerprint density at radius 2 is 2.20 bits per heavy atom. The zero-order valence-electron chi connectivity index (χ0n) is 8.36. The maximum absolute atomic E-state index is 5.58. The van der Waals surface area contributed by atoms with Gasteiger partial charge < -0.3 is 11.1 Å². The zero-order valence-corrected chi connectivity index (χ0v) is 9.99. The van der Waals surface area contributed by atoms with E-state index < -0.39 is 0 Å². The fourth-order valence-corrected chi connectivity index (χ4v) is 2.49. The molecule has 0 fully saturated rings. The maximum Gasteiger partial charge on any atom is 0.184 e. The van der Waals surface area contributed by atoms with Crippen LogP contribution in [0, 0.1) is 0 Å². The molecule has 0 bridgehead atoms. The topological polar surface area (TPSA) is 63.8 Å². The van der Waals surface area contributed by atoms with Crippen molar-refractivity contribution in [3.05, 3.63) is 22.3 Å². The number of rotatable bonds is 4. The van der Waals surface area contributed by atoms with Gasteiger partial charge in [-0.25, -0.2) is 9.97 Å². The Bertz CT molecular complexity index is 435. The van der Waals surface area contributed by atoms with Gasteiger partial charge in [-0.2, -0.15) is 0 Å². The zero-order chi connectivity index (χ0) is 10.7. The average Bonchev–Trinajstić information content (AvgIpc) is 2.83. The quantitative estimate of drug-likeness (QED) is 0.861. The molecule has 4 nitrogen and oxygen atoms in total. The molecular formula is C9H12N4S2. The summed E-state index contributed by atoms with van der Waals surface area (Å²) >= 11 is 3.18. The molecule has 0 aliphatic heterocycles. The molecular weight excluding hydrogens is 228 g/mol. The van der Waals surface area contributed by atoms with E-state index in [1.807, 2.05) is 6.20 Å². The lowest BCUT2D eigenvalue weighted by Gasteiger charge is -1.97. The molecule has 2 aromatic heterocycles. The number of nitrogen functional groups attached to an aromatic ring is 1. The second kappa shape index (κ2) is 4.59. The third kappa shape index (κ3) is 2.66. The minimum absolute atomic E-state index is 0.720. The van der Waals surface area contributed by atoms with Gasteiger partial charge in [0.1, 0.15) is 10.0 Å². The van der Waals surface area contributed by atoms with Crippen molar-refractivity contribution < 1.29 is 0 Å². The Morgan fingerprint density at radius 3 is 2.80 bits per heavy atom. The fourth-order valence-electron chi connectivity index (χ4n) is 1.11. The molecule has 2 aromatic rings. The van der Waals surface area contributed by atoms with Crippen LogP contribution in [0.15, 0.2) is 12.4 Å². The minimum atomic E-state index is 0.720. The molecule has 2 heterocycles. The molecule has 0 amide bonds. The smallest absolute Gasteiger partial charge is 0.184 e. The summed E-state index contributed by atoms with van der Waals surface area (Å²) in [5, 5.41) is 5.85. The normalized spacial score (nSPS) is 10.5. The summed E-state index contributed by atoms with van der Waals surface area (Å²) in [6.45, 7) is 2.85. The van der Waals surface area contributed by atoms with E-state index in [9.17, 15) is 0 Å². The lowest BCUT2D eigenvalue weighted by atomic mass is 10.4. The van der Waals surface area contributed by atoms with Gasteiger partial charge in [0.2, 0.25) is 0 Å². The van der Waals surface area contributed by atoms with Crippen molar-refractivity contribution >= 4 is 32.8 Å². The van der Waals surface area contributed by atoms with Crippen molar-refractivity contribution in [2.45, 2.75) is 19.9 Å². The third-order valence-electron chi connectivity index (χ3n) is 1.86. The van der Waals surface area contributed by atoms with Gasteiger partial charge in [0, 0.05) is 11.1 Å². The summed E-state index contributed by atoms with van der Waals surface area (Å²) < 4.78 is 0. The van der Waals surface area contributed by atoms with Crippen LogP contribution in [0.4, 0.5) is 10.1 Å². The van der Waals surface area contributed by atoms with Crippen molar-refractivity contribution in [2.24, 2.45) is 0 Å². The highest BCUT2D eigenvalue weighted by molar-refractivity contribution is 7.19. The number of nitrogens with two attached hydrogens (primary N) is 1. The third-order valence-corrected chi connectivity index (χ3v) is 3.79. The number of nitrogens with one attached hydrogen (secondary N) is 1. The Labute approximate surface area is 96.2 Å². The predicted molar refractivity (Wildman–Crippen MR) is 65.3 cm³/mol. The molecule has 2 rings (SSSR count). The molecule has 80 valence electrons. The predicted octanol–water partition coefficient (Wildman–Crippen LogP) is 2.36. The summed E-state index contributed by atoms with van der Waals surface area (Å²) in [4.78, 5) is 9.74. The molecule has 3 N–H and O–H groups in total. The summed E-state index contributed by atoms with van der Waals surface area (Å²) in [7, 11) is 0. The Balaban J connectivity index is 1.93. The van der Waals surface area contributed by atoms with Gasteiger partial charge in [-0.05, 0) is 6.42 Å². The van der Waals surface area contributed by atoms with Gasteiger partial charge in [0.25, 0.3) is 0 Å². The summed E-state index contributed by atoms with van der Waals surface area (Å²) in [5.41, 5.74) is 5.58. The first kappa shape index (κ1) is 10.4. The number of aromatic nitrogens is 2. The number of anilines is 2. The van der Waals surface area contributed by atoms with Crippen molar-refractivity contribution in [2.75, 3.05) is 11.1 Å². The fraction of sp³-hybridized carbons (Fsp3) is 0.333. The first-order valence-electron chi connectivity index (χ1n) is 4.66. The highest BCUT2D eigenvalue weighted by atomic mass is 32.1. The van der Waals surface area contributed by atoms with Crippen molar-refractivity contribution in [3.8, 4) is 0 Å². The SMILES string of the molecule is CCc1cnc(CNc2ncc(N)s2)s1. The molecule has 0 radical (unpaired) electrons. The van der Waals surface area contributed by atoms with Crippen LogP contribution in [-0.4, -0.2) is 9.97 Å². The van der Waals surface area contributed by atoms with Gasteiger partial charge >= 0.3 is 0 Å². The first-order valence-corrected chi connectivity index (χ1v) is 6.30. The van der Waals surface area contributed by atoms with Gasteiger partial charge in [-0.1, -0.05) is 18.3 Å². The molecule has 0 aromatic carbocycles. The molecule has 0 aliphatic carbocycles.